The molecule has 3 rings (SSSR count). The number of aryl methyl sites for hydroxylation is 1. The van der Waals surface area contributed by atoms with E-state index in [2.05, 4.69) is 35.3 Å². The van der Waals surface area contributed by atoms with Gasteiger partial charge in [0.2, 0.25) is 0 Å². The molecule has 0 aromatic heterocycles. The van der Waals surface area contributed by atoms with Crippen LogP contribution in [0.3, 0.4) is 0 Å². The number of piperazine rings is 1. The van der Waals surface area contributed by atoms with Gasteiger partial charge in [-0.1, -0.05) is 30.5 Å². The summed E-state index contributed by atoms with van der Waals surface area (Å²) in [6, 6.07) is 7.05. The fourth-order valence-electron chi connectivity index (χ4n) is 3.95. The summed E-state index contributed by atoms with van der Waals surface area (Å²) < 4.78 is 0. The highest BCUT2D eigenvalue weighted by Gasteiger charge is 2.32. The maximum Gasteiger partial charge on any atom is 0.0408 e. The van der Waals surface area contributed by atoms with Gasteiger partial charge in [0.05, 0.1) is 0 Å². The number of rotatable bonds is 3. The zero-order valence-electron chi connectivity index (χ0n) is 13.2. The van der Waals surface area contributed by atoms with Crippen molar-refractivity contribution in [3.8, 4) is 0 Å². The number of hydrogen-bond acceptors (Lipinski definition) is 2. The Balaban J connectivity index is 0.00000121. The van der Waals surface area contributed by atoms with Crippen LogP contribution in [-0.4, -0.2) is 31.1 Å². The molecule has 1 N–H and O–H groups in total. The Hall–Kier alpha value is 0.01000. The van der Waals surface area contributed by atoms with E-state index in [1.54, 1.807) is 0 Å². The first kappa shape index (κ1) is 20.1. The molecule has 1 saturated carbocycles. The molecule has 0 bridgehead atoms. The molecule has 0 spiro atoms. The lowest BCUT2D eigenvalue weighted by molar-refractivity contribution is 0.125. The second kappa shape index (κ2) is 9.34. The minimum Gasteiger partial charge on any atom is -0.314 e. The van der Waals surface area contributed by atoms with Gasteiger partial charge in [0.25, 0.3) is 0 Å². The predicted octanol–water partition coefficient (Wildman–Crippen LogP) is 4.63. The molecule has 5 heteroatoms. The molecule has 2 aliphatic rings. The van der Waals surface area contributed by atoms with E-state index >= 15 is 0 Å². The molecule has 126 valence electrons. The van der Waals surface area contributed by atoms with Crippen molar-refractivity contribution in [3.63, 3.8) is 0 Å². The van der Waals surface area contributed by atoms with Crippen LogP contribution in [0.4, 0.5) is 0 Å². The van der Waals surface area contributed by atoms with Gasteiger partial charge in [-0.25, -0.2) is 0 Å². The Labute approximate surface area is 151 Å². The van der Waals surface area contributed by atoms with Gasteiger partial charge in [0.15, 0.2) is 0 Å². The highest BCUT2D eigenvalue weighted by molar-refractivity contribution is 6.30. The minimum absolute atomic E-state index is 0. The van der Waals surface area contributed by atoms with Crippen LogP contribution in [0.1, 0.15) is 42.9 Å². The molecule has 1 aromatic rings. The Kier molecular flexibility index (Phi) is 8.52. The van der Waals surface area contributed by atoms with Crippen molar-refractivity contribution >= 4 is 36.4 Å². The summed E-state index contributed by atoms with van der Waals surface area (Å²) in [7, 11) is 0. The van der Waals surface area contributed by atoms with Gasteiger partial charge in [-0.15, -0.1) is 24.8 Å². The van der Waals surface area contributed by atoms with E-state index in [9.17, 15) is 0 Å². The number of nitrogens with one attached hydrogen (secondary N) is 1. The third kappa shape index (κ3) is 4.52. The lowest BCUT2D eigenvalue weighted by atomic mass is 9.87. The van der Waals surface area contributed by atoms with E-state index in [1.165, 1.54) is 49.9 Å². The summed E-state index contributed by atoms with van der Waals surface area (Å²) in [4.78, 5) is 2.70. The van der Waals surface area contributed by atoms with Gasteiger partial charge in [-0.05, 0) is 48.9 Å². The molecule has 0 amide bonds. The molecule has 1 saturated heterocycles. The Morgan fingerprint density at radius 3 is 2.36 bits per heavy atom. The summed E-state index contributed by atoms with van der Waals surface area (Å²) >= 11 is 6.14. The Bertz CT molecular complexity index is 455. The largest absolute Gasteiger partial charge is 0.314 e. The van der Waals surface area contributed by atoms with Crippen LogP contribution < -0.4 is 5.32 Å². The normalized spacial score (nSPS) is 21.0. The summed E-state index contributed by atoms with van der Waals surface area (Å²) in [5, 5.41) is 4.33. The van der Waals surface area contributed by atoms with Gasteiger partial charge in [-0.2, -0.15) is 0 Å². The molecule has 1 aliphatic heterocycles. The molecule has 22 heavy (non-hydrogen) atoms. The summed E-state index contributed by atoms with van der Waals surface area (Å²) in [5.41, 5.74) is 2.86. The third-order valence-electron chi connectivity index (χ3n) is 4.94. The van der Waals surface area contributed by atoms with E-state index in [0.29, 0.717) is 6.04 Å². The van der Waals surface area contributed by atoms with Crippen molar-refractivity contribution in [1.82, 2.24) is 10.2 Å². The average molecular weight is 366 g/mol. The zero-order chi connectivity index (χ0) is 13.9. The van der Waals surface area contributed by atoms with E-state index in [1.807, 2.05) is 0 Å². The van der Waals surface area contributed by atoms with Crippen molar-refractivity contribution < 1.29 is 0 Å². The third-order valence-corrected chi connectivity index (χ3v) is 5.18. The summed E-state index contributed by atoms with van der Waals surface area (Å²) in [6.07, 6.45) is 5.58. The lowest BCUT2D eigenvalue weighted by Crippen LogP contribution is -2.46. The van der Waals surface area contributed by atoms with Crippen LogP contribution in [0, 0.1) is 12.8 Å². The predicted molar refractivity (Wildman–Crippen MR) is 99.8 cm³/mol. The molecular weight excluding hydrogens is 339 g/mol. The van der Waals surface area contributed by atoms with Gasteiger partial charge in [-0.3, -0.25) is 4.90 Å². The van der Waals surface area contributed by atoms with Crippen LogP contribution in [0.2, 0.25) is 5.02 Å². The number of hydrogen-bond donors (Lipinski definition) is 1. The van der Waals surface area contributed by atoms with E-state index < -0.39 is 0 Å². The number of nitrogens with zero attached hydrogens (tertiary/aromatic N) is 1. The lowest BCUT2D eigenvalue weighted by Gasteiger charge is -2.39. The average Bonchev–Trinajstić information content (AvgIpc) is 2.97. The Morgan fingerprint density at radius 1 is 1.14 bits per heavy atom. The molecular formula is C17H27Cl3N2. The fourth-order valence-corrected chi connectivity index (χ4v) is 4.18. The number of benzene rings is 1. The summed E-state index contributed by atoms with van der Waals surface area (Å²) in [5.74, 6) is 0.827. The van der Waals surface area contributed by atoms with E-state index in [4.69, 9.17) is 11.6 Å². The minimum atomic E-state index is 0. The van der Waals surface area contributed by atoms with Gasteiger partial charge < -0.3 is 5.32 Å². The number of halogens is 3. The quantitative estimate of drug-likeness (QED) is 0.840. The van der Waals surface area contributed by atoms with Crippen LogP contribution >= 0.6 is 36.4 Å². The fraction of sp³-hybridized carbons (Fsp3) is 0.647. The molecule has 2 nitrogen and oxygen atoms in total. The topological polar surface area (TPSA) is 15.3 Å². The monoisotopic (exact) mass is 364 g/mol. The van der Waals surface area contributed by atoms with Crippen molar-refractivity contribution in [3.05, 3.63) is 34.3 Å². The molecule has 1 heterocycles. The van der Waals surface area contributed by atoms with Gasteiger partial charge in [0, 0.05) is 37.2 Å². The van der Waals surface area contributed by atoms with Gasteiger partial charge in [0.1, 0.15) is 0 Å². The SMILES string of the molecule is Cc1cc(Cl)ccc1[C@H](C1CCCC1)N1CCNCC1.Cl.Cl. The highest BCUT2D eigenvalue weighted by atomic mass is 35.5. The zero-order valence-corrected chi connectivity index (χ0v) is 15.6. The molecule has 0 unspecified atom stereocenters. The second-order valence-corrected chi connectivity index (χ2v) is 6.71. The molecule has 1 aliphatic carbocycles. The standard InChI is InChI=1S/C17H25ClN2.2ClH/c1-13-12-15(18)6-7-16(13)17(14-4-2-3-5-14)20-10-8-19-9-11-20;;/h6-7,12,14,17,19H,2-5,8-11H2,1H3;2*1H/t17-;;/m0../s1. The smallest absolute Gasteiger partial charge is 0.0408 e. The molecule has 0 radical (unpaired) electrons. The first-order valence-corrected chi connectivity index (χ1v) is 8.34. The van der Waals surface area contributed by atoms with E-state index in [-0.39, 0.29) is 24.8 Å². The Morgan fingerprint density at radius 2 is 1.77 bits per heavy atom. The van der Waals surface area contributed by atoms with Crippen LogP contribution in [-0.2, 0) is 0 Å². The second-order valence-electron chi connectivity index (χ2n) is 6.28. The van der Waals surface area contributed by atoms with Crippen molar-refractivity contribution in [2.45, 2.75) is 38.6 Å². The van der Waals surface area contributed by atoms with Crippen LogP contribution in [0.5, 0.6) is 0 Å². The molecule has 1 aromatic carbocycles. The molecule has 1 atom stereocenters. The first-order valence-electron chi connectivity index (χ1n) is 7.96. The van der Waals surface area contributed by atoms with Crippen LogP contribution in [0.25, 0.3) is 0 Å². The van der Waals surface area contributed by atoms with Crippen molar-refractivity contribution in [1.29, 1.82) is 0 Å². The van der Waals surface area contributed by atoms with E-state index in [0.717, 1.165) is 24.0 Å². The van der Waals surface area contributed by atoms with Crippen molar-refractivity contribution in [2.24, 2.45) is 5.92 Å². The maximum absolute atomic E-state index is 6.14. The molecule has 2 fully saturated rings. The van der Waals surface area contributed by atoms with Crippen LogP contribution in [0.15, 0.2) is 18.2 Å². The highest BCUT2D eigenvalue weighted by Crippen LogP contribution is 2.41. The maximum atomic E-state index is 6.14. The van der Waals surface area contributed by atoms with Gasteiger partial charge >= 0.3 is 0 Å². The first-order chi connectivity index (χ1) is 9.75. The summed E-state index contributed by atoms with van der Waals surface area (Å²) in [6.45, 7) is 6.80. The van der Waals surface area contributed by atoms with Crippen molar-refractivity contribution in [2.75, 3.05) is 26.2 Å².